The second-order valence-corrected chi connectivity index (χ2v) is 7.38. The molecule has 1 aromatic heterocycles. The Bertz CT molecular complexity index is 825. The predicted molar refractivity (Wildman–Crippen MR) is 98.5 cm³/mol. The van der Waals surface area contributed by atoms with Crippen LogP contribution in [0.25, 0.3) is 10.2 Å². The predicted octanol–water partition coefficient (Wildman–Crippen LogP) is 4.41. The van der Waals surface area contributed by atoms with E-state index in [9.17, 15) is 4.39 Å². The van der Waals surface area contributed by atoms with Gasteiger partial charge in [-0.1, -0.05) is 41.1 Å². The molecule has 2 heterocycles. The number of piperazine rings is 1. The Morgan fingerprint density at radius 1 is 1.08 bits per heavy atom. The van der Waals surface area contributed by atoms with Crippen LogP contribution in [0.1, 0.15) is 5.56 Å². The first kappa shape index (κ1) is 15.8. The van der Waals surface area contributed by atoms with Gasteiger partial charge in [0, 0.05) is 37.7 Å². The topological polar surface area (TPSA) is 19.4 Å². The zero-order valence-corrected chi connectivity index (χ0v) is 14.7. The van der Waals surface area contributed by atoms with E-state index in [0.717, 1.165) is 48.9 Å². The van der Waals surface area contributed by atoms with Crippen molar-refractivity contribution < 1.29 is 4.39 Å². The molecular weight excluding hydrogens is 345 g/mol. The number of halogens is 2. The van der Waals surface area contributed by atoms with Gasteiger partial charge in [0.2, 0.25) is 0 Å². The van der Waals surface area contributed by atoms with Crippen LogP contribution in [0.2, 0.25) is 5.02 Å². The molecule has 124 valence electrons. The Balaban J connectivity index is 1.41. The van der Waals surface area contributed by atoms with Gasteiger partial charge in [0.05, 0.1) is 10.2 Å². The number of rotatable bonds is 3. The number of thiazole rings is 1. The summed E-state index contributed by atoms with van der Waals surface area (Å²) in [4.78, 5) is 9.42. The van der Waals surface area contributed by atoms with Crippen LogP contribution in [0.4, 0.5) is 9.52 Å². The summed E-state index contributed by atoms with van der Waals surface area (Å²) < 4.78 is 14.4. The van der Waals surface area contributed by atoms with Gasteiger partial charge in [-0.3, -0.25) is 4.90 Å². The molecule has 0 amide bonds. The smallest absolute Gasteiger partial charge is 0.186 e. The quantitative estimate of drug-likeness (QED) is 0.688. The van der Waals surface area contributed by atoms with Crippen LogP contribution in [-0.4, -0.2) is 36.1 Å². The molecule has 1 aliphatic rings. The Hall–Kier alpha value is -1.69. The summed E-state index contributed by atoms with van der Waals surface area (Å²) in [7, 11) is 0. The molecule has 1 fully saturated rings. The maximum Gasteiger partial charge on any atom is 0.186 e. The van der Waals surface area contributed by atoms with Crippen LogP contribution in [0.15, 0.2) is 42.5 Å². The molecular formula is C18H17ClFN3S. The van der Waals surface area contributed by atoms with Gasteiger partial charge in [0.15, 0.2) is 5.13 Å². The zero-order chi connectivity index (χ0) is 16.5. The minimum Gasteiger partial charge on any atom is -0.345 e. The first-order valence-corrected chi connectivity index (χ1v) is 9.15. The number of anilines is 1. The van der Waals surface area contributed by atoms with Crippen LogP contribution < -0.4 is 4.90 Å². The van der Waals surface area contributed by atoms with Crippen molar-refractivity contribution in [3.63, 3.8) is 0 Å². The molecule has 0 spiro atoms. The molecule has 0 radical (unpaired) electrons. The van der Waals surface area contributed by atoms with E-state index in [1.54, 1.807) is 17.4 Å². The Labute approximate surface area is 149 Å². The number of fused-ring (bicyclic) bond motifs is 1. The van der Waals surface area contributed by atoms with Crippen molar-refractivity contribution in [1.29, 1.82) is 0 Å². The van der Waals surface area contributed by atoms with Crippen molar-refractivity contribution in [3.8, 4) is 0 Å². The third-order valence-electron chi connectivity index (χ3n) is 4.33. The van der Waals surface area contributed by atoms with Crippen molar-refractivity contribution in [1.82, 2.24) is 9.88 Å². The van der Waals surface area contributed by atoms with Gasteiger partial charge < -0.3 is 4.90 Å². The second-order valence-electron chi connectivity index (χ2n) is 5.96. The van der Waals surface area contributed by atoms with Gasteiger partial charge >= 0.3 is 0 Å². The van der Waals surface area contributed by atoms with Gasteiger partial charge in [-0.05, 0) is 29.8 Å². The largest absolute Gasteiger partial charge is 0.345 e. The highest BCUT2D eigenvalue weighted by atomic mass is 35.5. The number of para-hydroxylation sites is 1. The van der Waals surface area contributed by atoms with Gasteiger partial charge in [0.1, 0.15) is 5.82 Å². The first-order chi connectivity index (χ1) is 11.7. The molecule has 0 bridgehead atoms. The van der Waals surface area contributed by atoms with Crippen molar-refractivity contribution in [2.75, 3.05) is 31.1 Å². The third-order valence-corrected chi connectivity index (χ3v) is 5.78. The third kappa shape index (κ3) is 3.24. The number of aromatic nitrogens is 1. The molecule has 2 aromatic carbocycles. The highest BCUT2D eigenvalue weighted by molar-refractivity contribution is 7.22. The summed E-state index contributed by atoms with van der Waals surface area (Å²) in [6.07, 6.45) is 0. The van der Waals surface area contributed by atoms with Crippen LogP contribution in [-0.2, 0) is 6.54 Å². The highest BCUT2D eigenvalue weighted by Gasteiger charge is 2.20. The Morgan fingerprint density at radius 3 is 2.62 bits per heavy atom. The molecule has 0 saturated carbocycles. The van der Waals surface area contributed by atoms with Crippen molar-refractivity contribution >= 4 is 38.3 Å². The zero-order valence-electron chi connectivity index (χ0n) is 13.1. The number of hydrogen-bond donors (Lipinski definition) is 0. The average molecular weight is 362 g/mol. The van der Waals surface area contributed by atoms with E-state index in [4.69, 9.17) is 16.6 Å². The summed E-state index contributed by atoms with van der Waals surface area (Å²) in [5.74, 6) is -0.288. The molecule has 0 atom stereocenters. The summed E-state index contributed by atoms with van der Waals surface area (Å²) in [6, 6.07) is 12.9. The van der Waals surface area contributed by atoms with E-state index in [0.29, 0.717) is 5.02 Å². The van der Waals surface area contributed by atoms with Gasteiger partial charge in [-0.15, -0.1) is 0 Å². The maximum absolute atomic E-state index is 13.1. The lowest BCUT2D eigenvalue weighted by atomic mass is 10.2. The minimum absolute atomic E-state index is 0.288. The fourth-order valence-corrected chi connectivity index (χ4v) is 4.23. The minimum atomic E-state index is -0.288. The van der Waals surface area contributed by atoms with E-state index < -0.39 is 0 Å². The van der Waals surface area contributed by atoms with Crippen LogP contribution in [0, 0.1) is 5.82 Å². The van der Waals surface area contributed by atoms with Crippen LogP contribution in [0.5, 0.6) is 0 Å². The van der Waals surface area contributed by atoms with Crippen molar-refractivity contribution in [2.24, 2.45) is 0 Å². The van der Waals surface area contributed by atoms with Crippen molar-refractivity contribution in [2.45, 2.75) is 6.54 Å². The molecule has 0 N–H and O–H groups in total. The number of hydrogen-bond acceptors (Lipinski definition) is 4. The van der Waals surface area contributed by atoms with Gasteiger partial charge in [-0.2, -0.15) is 0 Å². The normalized spacial score (nSPS) is 16.0. The molecule has 24 heavy (non-hydrogen) atoms. The van der Waals surface area contributed by atoms with Gasteiger partial charge in [0.25, 0.3) is 0 Å². The number of nitrogens with zero attached hydrogens (tertiary/aromatic N) is 3. The molecule has 0 unspecified atom stereocenters. The fourth-order valence-electron chi connectivity index (χ4n) is 2.98. The molecule has 3 aromatic rings. The molecule has 1 saturated heterocycles. The maximum atomic E-state index is 13.1. The second kappa shape index (κ2) is 6.67. The molecule has 0 aliphatic carbocycles. The lowest BCUT2D eigenvalue weighted by Crippen LogP contribution is -2.45. The SMILES string of the molecule is Fc1ccc(CN2CCN(c3nc4ccccc4s3)CC2)c(Cl)c1. The van der Waals surface area contributed by atoms with Gasteiger partial charge in [-0.25, -0.2) is 9.37 Å². The van der Waals surface area contributed by atoms with E-state index in [2.05, 4.69) is 28.0 Å². The Morgan fingerprint density at radius 2 is 1.88 bits per heavy atom. The standard InChI is InChI=1S/C18H17ClFN3S/c19-15-11-14(20)6-5-13(15)12-22-7-9-23(10-8-22)18-21-16-3-1-2-4-17(16)24-18/h1-6,11H,7-10,12H2. The molecule has 4 rings (SSSR count). The highest BCUT2D eigenvalue weighted by Crippen LogP contribution is 2.29. The van der Waals surface area contributed by atoms with E-state index in [1.807, 2.05) is 6.07 Å². The first-order valence-electron chi connectivity index (χ1n) is 7.96. The monoisotopic (exact) mass is 361 g/mol. The Kier molecular flexibility index (Phi) is 4.39. The molecule has 1 aliphatic heterocycles. The van der Waals surface area contributed by atoms with E-state index in [-0.39, 0.29) is 5.82 Å². The fraction of sp³-hybridized carbons (Fsp3) is 0.278. The van der Waals surface area contributed by atoms with Crippen molar-refractivity contribution in [3.05, 3.63) is 58.9 Å². The number of benzene rings is 2. The molecule has 6 heteroatoms. The van der Waals surface area contributed by atoms with Crippen LogP contribution >= 0.6 is 22.9 Å². The van der Waals surface area contributed by atoms with E-state index >= 15 is 0 Å². The average Bonchev–Trinajstić information content (AvgIpc) is 3.02. The molecule has 3 nitrogen and oxygen atoms in total. The summed E-state index contributed by atoms with van der Waals surface area (Å²) >= 11 is 7.88. The summed E-state index contributed by atoms with van der Waals surface area (Å²) in [5, 5.41) is 1.60. The summed E-state index contributed by atoms with van der Waals surface area (Å²) in [6.45, 7) is 4.54. The lowest BCUT2D eigenvalue weighted by molar-refractivity contribution is 0.250. The summed E-state index contributed by atoms with van der Waals surface area (Å²) in [5.41, 5.74) is 2.05. The lowest BCUT2D eigenvalue weighted by Gasteiger charge is -2.34. The van der Waals surface area contributed by atoms with Crippen LogP contribution in [0.3, 0.4) is 0 Å². The van der Waals surface area contributed by atoms with E-state index in [1.165, 1.54) is 16.8 Å².